The standard InChI is InChI=1S/C20H22N6O.C2HF3O2/c1-15-5-6-18(22-10-15)20(27)25-12-16(11-23-19-4-2-3-8-21-19)13-26-17(14-25)7-9-24-26;3-2(4,5)1(6)7/h2-10,16H,11-14H2,1H3,(H,21,23);(H,6,7). The summed E-state index contributed by atoms with van der Waals surface area (Å²) in [6, 6.07) is 11.5. The first kappa shape index (κ1) is 24.7. The van der Waals surface area contributed by atoms with Gasteiger partial charge in [-0.05, 0) is 36.8 Å². The Bertz CT molecular complexity index is 1100. The molecule has 0 spiro atoms. The van der Waals surface area contributed by atoms with Gasteiger partial charge in [-0.15, -0.1) is 0 Å². The minimum atomic E-state index is -5.08. The van der Waals surface area contributed by atoms with Gasteiger partial charge >= 0.3 is 12.1 Å². The maximum absolute atomic E-state index is 13.0. The molecule has 4 heterocycles. The Hall–Kier alpha value is -3.96. The SMILES string of the molecule is Cc1ccc(C(=O)N2Cc3ccnn3CC(CNc3ccccn3)C2)nc1.O=C(O)C(F)(F)F. The predicted octanol–water partition coefficient (Wildman–Crippen LogP) is 3.00. The lowest BCUT2D eigenvalue weighted by molar-refractivity contribution is -0.192. The fourth-order valence-corrected chi connectivity index (χ4v) is 3.29. The van der Waals surface area contributed by atoms with E-state index in [4.69, 9.17) is 9.90 Å². The number of nitrogens with zero attached hydrogens (tertiary/aromatic N) is 5. The van der Waals surface area contributed by atoms with Gasteiger partial charge in [0.25, 0.3) is 5.91 Å². The van der Waals surface area contributed by atoms with Crippen molar-refractivity contribution in [2.75, 3.05) is 18.4 Å². The predicted molar refractivity (Wildman–Crippen MR) is 116 cm³/mol. The zero-order valence-corrected chi connectivity index (χ0v) is 18.2. The van der Waals surface area contributed by atoms with Crippen LogP contribution < -0.4 is 5.32 Å². The summed E-state index contributed by atoms with van der Waals surface area (Å²) in [5.74, 6) is -1.76. The second kappa shape index (κ2) is 10.8. The van der Waals surface area contributed by atoms with Gasteiger partial charge in [-0.3, -0.25) is 14.5 Å². The number of aromatic nitrogens is 4. The number of aliphatic carboxylic acids is 1. The Morgan fingerprint density at radius 3 is 2.50 bits per heavy atom. The van der Waals surface area contributed by atoms with Gasteiger partial charge in [0.2, 0.25) is 0 Å². The maximum atomic E-state index is 13.0. The number of carboxylic acid groups (broad SMARTS) is 1. The molecule has 0 saturated carbocycles. The molecular formula is C22H23F3N6O3. The first-order valence-electron chi connectivity index (χ1n) is 10.3. The number of carbonyl (C=O) groups is 2. The number of anilines is 1. The minimum absolute atomic E-state index is 0.0486. The molecule has 0 saturated heterocycles. The van der Waals surface area contributed by atoms with Crippen LogP contribution in [-0.4, -0.2) is 60.9 Å². The summed E-state index contributed by atoms with van der Waals surface area (Å²) in [5.41, 5.74) is 2.55. The molecule has 0 fully saturated rings. The van der Waals surface area contributed by atoms with Crippen LogP contribution in [0.25, 0.3) is 0 Å². The molecule has 2 N–H and O–H groups in total. The number of hydrogen-bond acceptors (Lipinski definition) is 6. The normalized spacial score (nSPS) is 15.4. The van der Waals surface area contributed by atoms with Crippen molar-refractivity contribution in [3.05, 3.63) is 71.9 Å². The van der Waals surface area contributed by atoms with Crippen molar-refractivity contribution in [2.24, 2.45) is 5.92 Å². The van der Waals surface area contributed by atoms with Crippen LogP contribution >= 0.6 is 0 Å². The van der Waals surface area contributed by atoms with E-state index in [1.807, 2.05) is 46.8 Å². The van der Waals surface area contributed by atoms with Crippen LogP contribution in [0, 0.1) is 12.8 Å². The van der Waals surface area contributed by atoms with E-state index >= 15 is 0 Å². The average Bonchev–Trinajstić information content (AvgIpc) is 3.16. The fraction of sp³-hybridized carbons (Fsp3) is 0.318. The van der Waals surface area contributed by atoms with Crippen LogP contribution in [0.4, 0.5) is 19.0 Å². The quantitative estimate of drug-likeness (QED) is 0.595. The highest BCUT2D eigenvalue weighted by molar-refractivity contribution is 5.92. The Balaban J connectivity index is 0.000000406. The van der Waals surface area contributed by atoms with Gasteiger partial charge in [0.15, 0.2) is 0 Å². The summed E-state index contributed by atoms with van der Waals surface area (Å²) in [6.07, 6.45) is 0.200. The van der Waals surface area contributed by atoms with Crippen LogP contribution in [0.2, 0.25) is 0 Å². The zero-order valence-electron chi connectivity index (χ0n) is 18.2. The third kappa shape index (κ3) is 6.77. The molecule has 0 bridgehead atoms. The molecule has 4 rings (SSSR count). The highest BCUT2D eigenvalue weighted by Crippen LogP contribution is 2.18. The molecular weight excluding hydrogens is 453 g/mol. The van der Waals surface area contributed by atoms with E-state index in [9.17, 15) is 18.0 Å². The van der Waals surface area contributed by atoms with E-state index in [0.717, 1.165) is 23.6 Å². The monoisotopic (exact) mass is 476 g/mol. The Kier molecular flexibility index (Phi) is 7.82. The number of carbonyl (C=O) groups excluding carboxylic acids is 1. The van der Waals surface area contributed by atoms with Crippen molar-refractivity contribution >= 4 is 17.7 Å². The van der Waals surface area contributed by atoms with Crippen molar-refractivity contribution < 1.29 is 27.9 Å². The number of fused-ring (bicyclic) bond motifs is 1. The van der Waals surface area contributed by atoms with Crippen molar-refractivity contribution in [3.8, 4) is 0 Å². The molecule has 9 nitrogen and oxygen atoms in total. The largest absolute Gasteiger partial charge is 0.490 e. The van der Waals surface area contributed by atoms with Crippen LogP contribution in [0.15, 0.2) is 55.0 Å². The Morgan fingerprint density at radius 1 is 1.12 bits per heavy atom. The summed E-state index contributed by atoms with van der Waals surface area (Å²) in [4.78, 5) is 32.4. The van der Waals surface area contributed by atoms with Gasteiger partial charge in [-0.1, -0.05) is 12.1 Å². The number of pyridine rings is 2. The van der Waals surface area contributed by atoms with Crippen molar-refractivity contribution in [1.82, 2.24) is 24.6 Å². The van der Waals surface area contributed by atoms with Crippen LogP contribution in [0.1, 0.15) is 21.7 Å². The number of nitrogens with one attached hydrogen (secondary N) is 1. The molecule has 12 heteroatoms. The van der Waals surface area contributed by atoms with Gasteiger partial charge in [-0.25, -0.2) is 9.78 Å². The molecule has 0 radical (unpaired) electrons. The van der Waals surface area contributed by atoms with Crippen LogP contribution in [0.3, 0.4) is 0 Å². The number of carboxylic acids is 1. The number of aryl methyl sites for hydroxylation is 1. The first-order valence-corrected chi connectivity index (χ1v) is 10.3. The third-order valence-corrected chi connectivity index (χ3v) is 4.96. The van der Waals surface area contributed by atoms with Gasteiger partial charge in [-0.2, -0.15) is 18.3 Å². The minimum Gasteiger partial charge on any atom is -0.475 e. The molecule has 3 aromatic heterocycles. The second-order valence-electron chi connectivity index (χ2n) is 7.68. The zero-order chi connectivity index (χ0) is 24.7. The topological polar surface area (TPSA) is 113 Å². The van der Waals surface area contributed by atoms with Crippen molar-refractivity contribution in [3.63, 3.8) is 0 Å². The molecule has 1 unspecified atom stereocenters. The van der Waals surface area contributed by atoms with Gasteiger partial charge in [0, 0.05) is 44.1 Å². The smallest absolute Gasteiger partial charge is 0.475 e. The molecule has 3 aromatic rings. The van der Waals surface area contributed by atoms with E-state index < -0.39 is 12.1 Å². The lowest BCUT2D eigenvalue weighted by Crippen LogP contribution is -2.36. The average molecular weight is 476 g/mol. The highest BCUT2D eigenvalue weighted by atomic mass is 19.4. The summed E-state index contributed by atoms with van der Waals surface area (Å²) in [7, 11) is 0. The molecule has 1 amide bonds. The molecule has 34 heavy (non-hydrogen) atoms. The first-order chi connectivity index (χ1) is 16.1. The number of halogens is 3. The second-order valence-corrected chi connectivity index (χ2v) is 7.68. The summed E-state index contributed by atoms with van der Waals surface area (Å²) in [6.45, 7) is 4.60. The lowest BCUT2D eigenvalue weighted by Gasteiger charge is -2.24. The van der Waals surface area contributed by atoms with Crippen LogP contribution in [0.5, 0.6) is 0 Å². The van der Waals surface area contributed by atoms with Crippen molar-refractivity contribution in [1.29, 1.82) is 0 Å². The Labute approximate surface area is 193 Å². The Morgan fingerprint density at radius 2 is 1.88 bits per heavy atom. The van der Waals surface area contributed by atoms with E-state index in [0.29, 0.717) is 25.3 Å². The van der Waals surface area contributed by atoms with E-state index in [2.05, 4.69) is 20.4 Å². The summed E-state index contributed by atoms with van der Waals surface area (Å²) in [5, 5.41) is 14.9. The number of hydrogen-bond donors (Lipinski definition) is 2. The van der Waals surface area contributed by atoms with E-state index in [-0.39, 0.29) is 11.8 Å². The molecule has 0 aromatic carbocycles. The molecule has 180 valence electrons. The summed E-state index contributed by atoms with van der Waals surface area (Å²) >= 11 is 0. The lowest BCUT2D eigenvalue weighted by atomic mass is 10.1. The van der Waals surface area contributed by atoms with Crippen LogP contribution in [-0.2, 0) is 17.9 Å². The van der Waals surface area contributed by atoms with Gasteiger partial charge in [0.1, 0.15) is 11.5 Å². The molecule has 1 aliphatic rings. The maximum Gasteiger partial charge on any atom is 0.490 e. The van der Waals surface area contributed by atoms with Gasteiger partial charge in [0.05, 0.1) is 12.2 Å². The summed E-state index contributed by atoms with van der Waals surface area (Å²) < 4.78 is 33.7. The van der Waals surface area contributed by atoms with E-state index in [1.165, 1.54) is 0 Å². The number of rotatable bonds is 4. The van der Waals surface area contributed by atoms with Crippen molar-refractivity contribution in [2.45, 2.75) is 26.2 Å². The molecule has 1 aliphatic heterocycles. The fourth-order valence-electron chi connectivity index (χ4n) is 3.29. The van der Waals surface area contributed by atoms with E-state index in [1.54, 1.807) is 24.7 Å². The molecule has 0 aliphatic carbocycles. The number of amides is 1. The number of alkyl halides is 3. The van der Waals surface area contributed by atoms with Gasteiger partial charge < -0.3 is 15.3 Å². The highest BCUT2D eigenvalue weighted by Gasteiger charge is 2.38. The molecule has 1 atom stereocenters. The third-order valence-electron chi connectivity index (χ3n) is 4.96.